The van der Waals surface area contributed by atoms with Crippen LogP contribution in [0.2, 0.25) is 0 Å². The van der Waals surface area contributed by atoms with Crippen LogP contribution in [0.3, 0.4) is 0 Å². The Morgan fingerprint density at radius 1 is 1.30 bits per heavy atom. The van der Waals surface area contributed by atoms with Crippen LogP contribution in [0, 0.1) is 0 Å². The third kappa shape index (κ3) is 5.16. The number of amides is 2. The van der Waals surface area contributed by atoms with Gasteiger partial charge in [-0.25, -0.2) is 9.78 Å². The molecule has 1 aliphatic rings. The van der Waals surface area contributed by atoms with E-state index in [2.05, 4.69) is 35.6 Å². The Bertz CT molecular complexity index is 774. The Morgan fingerprint density at radius 2 is 2.07 bits per heavy atom. The second-order valence-corrected chi connectivity index (χ2v) is 5.92. The second-order valence-electron chi connectivity index (χ2n) is 5.92. The quantitative estimate of drug-likeness (QED) is 0.716. The smallest absolute Gasteiger partial charge is 0.387 e. The van der Waals surface area contributed by atoms with Gasteiger partial charge in [-0.05, 0) is 36.8 Å². The van der Waals surface area contributed by atoms with Crippen LogP contribution in [0.1, 0.15) is 6.42 Å². The van der Waals surface area contributed by atoms with E-state index in [0.29, 0.717) is 18.2 Å². The van der Waals surface area contributed by atoms with Crippen LogP contribution in [0.4, 0.5) is 31.0 Å². The SMILES string of the molecule is CNc1nccc(N2CCC(NC(=O)Nc3ccc(OC(F)F)cc3)C2)n1. The zero-order chi connectivity index (χ0) is 19.2. The summed E-state index contributed by atoms with van der Waals surface area (Å²) in [5.41, 5.74) is 0.485. The highest BCUT2D eigenvalue weighted by atomic mass is 19.3. The van der Waals surface area contributed by atoms with Gasteiger partial charge in [0.15, 0.2) is 0 Å². The zero-order valence-electron chi connectivity index (χ0n) is 14.7. The van der Waals surface area contributed by atoms with Gasteiger partial charge < -0.3 is 25.6 Å². The molecule has 2 amide bonds. The van der Waals surface area contributed by atoms with Crippen LogP contribution >= 0.6 is 0 Å². The fourth-order valence-electron chi connectivity index (χ4n) is 2.80. The number of nitrogens with one attached hydrogen (secondary N) is 3. The molecule has 144 valence electrons. The Morgan fingerprint density at radius 3 is 2.78 bits per heavy atom. The van der Waals surface area contributed by atoms with Crippen LogP contribution < -0.4 is 25.6 Å². The number of halogens is 2. The van der Waals surface area contributed by atoms with E-state index in [1.54, 1.807) is 13.2 Å². The maximum Gasteiger partial charge on any atom is 0.387 e. The van der Waals surface area contributed by atoms with Gasteiger partial charge in [0.1, 0.15) is 11.6 Å². The highest BCUT2D eigenvalue weighted by Gasteiger charge is 2.25. The van der Waals surface area contributed by atoms with Crippen molar-refractivity contribution >= 4 is 23.5 Å². The van der Waals surface area contributed by atoms with E-state index >= 15 is 0 Å². The molecule has 3 N–H and O–H groups in total. The van der Waals surface area contributed by atoms with Crippen molar-refractivity contribution in [2.75, 3.05) is 35.7 Å². The number of anilines is 3. The molecule has 0 aliphatic carbocycles. The lowest BCUT2D eigenvalue weighted by Crippen LogP contribution is -2.39. The van der Waals surface area contributed by atoms with E-state index in [1.165, 1.54) is 24.3 Å². The first-order valence-electron chi connectivity index (χ1n) is 8.41. The van der Waals surface area contributed by atoms with Crippen molar-refractivity contribution in [1.82, 2.24) is 15.3 Å². The number of aromatic nitrogens is 2. The molecule has 3 rings (SSSR count). The normalized spacial score (nSPS) is 16.3. The van der Waals surface area contributed by atoms with E-state index in [1.807, 2.05) is 6.07 Å². The highest BCUT2D eigenvalue weighted by molar-refractivity contribution is 5.89. The van der Waals surface area contributed by atoms with Gasteiger partial charge in [0.25, 0.3) is 0 Å². The largest absolute Gasteiger partial charge is 0.435 e. The van der Waals surface area contributed by atoms with Crippen LogP contribution in [0.25, 0.3) is 0 Å². The monoisotopic (exact) mass is 378 g/mol. The van der Waals surface area contributed by atoms with Gasteiger partial charge in [0.2, 0.25) is 5.95 Å². The summed E-state index contributed by atoms with van der Waals surface area (Å²) in [5.74, 6) is 1.38. The molecule has 1 atom stereocenters. The summed E-state index contributed by atoms with van der Waals surface area (Å²) < 4.78 is 28.5. The summed E-state index contributed by atoms with van der Waals surface area (Å²) in [6.45, 7) is -1.48. The molecule has 0 saturated carbocycles. The van der Waals surface area contributed by atoms with E-state index in [0.717, 1.165) is 18.8 Å². The van der Waals surface area contributed by atoms with Gasteiger partial charge in [0, 0.05) is 38.1 Å². The number of carbonyl (C=O) groups excluding carboxylic acids is 1. The Hall–Kier alpha value is -3.17. The van der Waals surface area contributed by atoms with E-state index in [-0.39, 0.29) is 17.8 Å². The second kappa shape index (κ2) is 8.47. The van der Waals surface area contributed by atoms with Gasteiger partial charge in [-0.2, -0.15) is 13.8 Å². The number of urea groups is 1. The van der Waals surface area contributed by atoms with Crippen molar-refractivity contribution in [2.45, 2.75) is 19.1 Å². The van der Waals surface area contributed by atoms with Gasteiger partial charge in [-0.3, -0.25) is 0 Å². The number of benzene rings is 1. The zero-order valence-corrected chi connectivity index (χ0v) is 14.7. The minimum atomic E-state index is -2.88. The van der Waals surface area contributed by atoms with Gasteiger partial charge in [-0.1, -0.05) is 0 Å². The standard InChI is InChI=1S/C17H20F2N6O2/c1-20-16-21-8-6-14(24-16)25-9-7-12(10-25)23-17(26)22-11-2-4-13(5-3-11)27-15(18)19/h2-6,8,12,15H,7,9-10H2,1H3,(H,20,21,24)(H2,22,23,26). The molecule has 1 fully saturated rings. The molecule has 0 spiro atoms. The number of alkyl halides is 2. The lowest BCUT2D eigenvalue weighted by Gasteiger charge is -2.18. The molecule has 2 heterocycles. The molecule has 1 saturated heterocycles. The summed E-state index contributed by atoms with van der Waals surface area (Å²) in [7, 11) is 1.75. The van der Waals surface area contributed by atoms with Crippen molar-refractivity contribution < 1.29 is 18.3 Å². The average molecular weight is 378 g/mol. The fraction of sp³-hybridized carbons (Fsp3) is 0.353. The van der Waals surface area contributed by atoms with Gasteiger partial charge in [0.05, 0.1) is 0 Å². The molecule has 8 nitrogen and oxygen atoms in total. The predicted octanol–water partition coefficient (Wildman–Crippen LogP) is 2.52. The lowest BCUT2D eigenvalue weighted by molar-refractivity contribution is -0.0498. The van der Waals surface area contributed by atoms with Crippen LogP contribution in [-0.2, 0) is 0 Å². The molecular formula is C17H20F2N6O2. The van der Waals surface area contributed by atoms with E-state index in [4.69, 9.17) is 0 Å². The number of ether oxygens (including phenoxy) is 1. The maximum atomic E-state index is 12.1. The van der Waals surface area contributed by atoms with Crippen molar-refractivity contribution in [3.63, 3.8) is 0 Å². The van der Waals surface area contributed by atoms with Crippen molar-refractivity contribution in [2.24, 2.45) is 0 Å². The van der Waals surface area contributed by atoms with Crippen LogP contribution in [-0.4, -0.2) is 48.8 Å². The number of hydrogen-bond acceptors (Lipinski definition) is 6. The topological polar surface area (TPSA) is 91.4 Å². The van der Waals surface area contributed by atoms with Crippen molar-refractivity contribution in [3.8, 4) is 5.75 Å². The minimum Gasteiger partial charge on any atom is -0.435 e. The van der Waals surface area contributed by atoms with Gasteiger partial charge >= 0.3 is 12.6 Å². The Kier molecular flexibility index (Phi) is 5.84. The summed E-state index contributed by atoms with van der Waals surface area (Å²) in [6, 6.07) is 7.17. The van der Waals surface area contributed by atoms with Crippen LogP contribution in [0.15, 0.2) is 36.5 Å². The first kappa shape index (κ1) is 18.6. The third-order valence-electron chi connectivity index (χ3n) is 4.05. The Balaban J connectivity index is 1.50. The maximum absolute atomic E-state index is 12.1. The third-order valence-corrected chi connectivity index (χ3v) is 4.05. The van der Waals surface area contributed by atoms with E-state index in [9.17, 15) is 13.6 Å². The number of carbonyl (C=O) groups is 1. The number of nitrogens with zero attached hydrogens (tertiary/aromatic N) is 3. The summed E-state index contributed by atoms with van der Waals surface area (Å²) in [4.78, 5) is 22.7. The molecule has 0 bridgehead atoms. The summed E-state index contributed by atoms with van der Waals surface area (Å²) in [5, 5.41) is 8.47. The van der Waals surface area contributed by atoms with Crippen molar-refractivity contribution in [3.05, 3.63) is 36.5 Å². The fourth-order valence-corrected chi connectivity index (χ4v) is 2.80. The first-order chi connectivity index (χ1) is 13.0. The number of hydrogen-bond donors (Lipinski definition) is 3. The van der Waals surface area contributed by atoms with E-state index < -0.39 is 6.61 Å². The lowest BCUT2D eigenvalue weighted by atomic mass is 10.2. The summed E-state index contributed by atoms with van der Waals surface area (Å²) >= 11 is 0. The molecule has 27 heavy (non-hydrogen) atoms. The van der Waals surface area contributed by atoms with Crippen LogP contribution in [0.5, 0.6) is 5.75 Å². The molecule has 1 aromatic heterocycles. The molecule has 1 aromatic carbocycles. The average Bonchev–Trinajstić information content (AvgIpc) is 3.11. The molecule has 2 aromatic rings. The molecule has 10 heteroatoms. The molecule has 0 radical (unpaired) electrons. The molecule has 1 aliphatic heterocycles. The Labute approximate surface area is 154 Å². The predicted molar refractivity (Wildman–Crippen MR) is 97.4 cm³/mol. The van der Waals surface area contributed by atoms with Gasteiger partial charge in [-0.15, -0.1) is 0 Å². The van der Waals surface area contributed by atoms with Crippen molar-refractivity contribution in [1.29, 1.82) is 0 Å². The minimum absolute atomic E-state index is 0.0283. The summed E-state index contributed by atoms with van der Waals surface area (Å²) in [6.07, 6.45) is 2.47. The number of rotatable bonds is 6. The first-order valence-corrected chi connectivity index (χ1v) is 8.41. The highest BCUT2D eigenvalue weighted by Crippen LogP contribution is 2.20. The molecular weight excluding hydrogens is 358 g/mol. The molecule has 1 unspecified atom stereocenters.